The lowest BCUT2D eigenvalue weighted by Crippen LogP contribution is -2.18. The minimum Gasteiger partial charge on any atom is -0.472 e. The van der Waals surface area contributed by atoms with Gasteiger partial charge in [-0.25, -0.2) is 0 Å². The smallest absolute Gasteiger partial charge is 0.0947 e. The van der Waals surface area contributed by atoms with Crippen LogP contribution in [-0.4, -0.2) is 18.5 Å². The highest BCUT2D eigenvalue weighted by Crippen LogP contribution is 2.03. The van der Waals surface area contributed by atoms with E-state index in [1.54, 1.807) is 12.5 Å². The van der Waals surface area contributed by atoms with Crippen LogP contribution in [-0.2, 0) is 6.54 Å². The molecule has 64 valence electrons. The number of furan rings is 1. The van der Waals surface area contributed by atoms with E-state index >= 15 is 0 Å². The molecule has 1 aromatic heterocycles. The van der Waals surface area contributed by atoms with E-state index in [0.29, 0.717) is 0 Å². The van der Waals surface area contributed by atoms with Crippen LogP contribution >= 0.6 is 0 Å². The maximum Gasteiger partial charge on any atom is 0.0947 e. The molecule has 0 bridgehead atoms. The molecule has 0 N–H and O–H groups in total. The Balaban J connectivity index is 2.28. The fourth-order valence-electron chi connectivity index (χ4n) is 1.03. The maximum absolute atomic E-state index is 5.16. The van der Waals surface area contributed by atoms with Crippen molar-refractivity contribution in [2.24, 2.45) is 0 Å². The molecule has 0 aliphatic heterocycles. The molecule has 1 rings (SSSR count). The first kappa shape index (κ1) is 8.89. The molecule has 1 heterocycles. The van der Waals surface area contributed by atoms with Crippen molar-refractivity contribution >= 4 is 0 Å². The van der Waals surface area contributed by atoms with E-state index in [1.165, 1.54) is 5.56 Å². The molecule has 0 fully saturated rings. The number of rotatable bonds is 4. The minimum atomic E-state index is 0.800. The van der Waals surface area contributed by atoms with Gasteiger partial charge in [0.15, 0.2) is 0 Å². The van der Waals surface area contributed by atoms with Crippen LogP contribution in [0.4, 0.5) is 0 Å². The highest BCUT2D eigenvalue weighted by atomic mass is 16.3. The first-order valence-electron chi connectivity index (χ1n) is 3.96. The standard InChI is InChI=1S/C10H13NO/c1-3-4-6-11(2)8-10-5-7-12-9-10/h1,5,7,9H,4,6,8H2,2H3. The Kier molecular flexibility index (Phi) is 3.43. The van der Waals surface area contributed by atoms with Crippen molar-refractivity contribution in [1.29, 1.82) is 0 Å². The predicted molar refractivity (Wildman–Crippen MR) is 48.5 cm³/mol. The molecule has 0 aromatic carbocycles. The number of hydrogen-bond acceptors (Lipinski definition) is 2. The van der Waals surface area contributed by atoms with Crippen LogP contribution in [0.15, 0.2) is 23.0 Å². The van der Waals surface area contributed by atoms with Crippen molar-refractivity contribution in [2.45, 2.75) is 13.0 Å². The van der Waals surface area contributed by atoms with Crippen molar-refractivity contribution in [3.8, 4) is 12.3 Å². The Bertz CT molecular complexity index is 245. The minimum absolute atomic E-state index is 0.800. The maximum atomic E-state index is 5.16. The van der Waals surface area contributed by atoms with Gasteiger partial charge >= 0.3 is 0 Å². The third kappa shape index (κ3) is 2.81. The summed E-state index contributed by atoms with van der Waals surface area (Å²) in [5.74, 6) is 2.61. The van der Waals surface area contributed by atoms with Crippen LogP contribution in [0.3, 0.4) is 0 Å². The fourth-order valence-corrected chi connectivity index (χ4v) is 1.03. The van der Waals surface area contributed by atoms with Gasteiger partial charge in [0.05, 0.1) is 12.5 Å². The van der Waals surface area contributed by atoms with E-state index in [1.807, 2.05) is 13.1 Å². The normalized spacial score (nSPS) is 10.1. The summed E-state index contributed by atoms with van der Waals surface area (Å²) in [6.45, 7) is 1.83. The summed E-state index contributed by atoms with van der Waals surface area (Å²) in [6, 6.07) is 1.96. The monoisotopic (exact) mass is 163 g/mol. The van der Waals surface area contributed by atoms with Crippen molar-refractivity contribution in [2.75, 3.05) is 13.6 Å². The molecule has 12 heavy (non-hydrogen) atoms. The number of hydrogen-bond donors (Lipinski definition) is 0. The Hall–Kier alpha value is -1.20. The molecular formula is C10H13NO. The van der Waals surface area contributed by atoms with Crippen molar-refractivity contribution in [3.05, 3.63) is 24.2 Å². The van der Waals surface area contributed by atoms with Gasteiger partial charge in [0.1, 0.15) is 0 Å². The first-order valence-corrected chi connectivity index (χ1v) is 3.96. The number of nitrogens with zero attached hydrogens (tertiary/aromatic N) is 1. The zero-order valence-corrected chi connectivity index (χ0v) is 7.29. The van der Waals surface area contributed by atoms with Gasteiger partial charge < -0.3 is 9.32 Å². The van der Waals surface area contributed by atoms with Crippen LogP contribution in [0.5, 0.6) is 0 Å². The Morgan fingerprint density at radius 1 is 1.67 bits per heavy atom. The molecule has 0 aliphatic carbocycles. The molecule has 1 aromatic rings. The van der Waals surface area contributed by atoms with Crippen LogP contribution < -0.4 is 0 Å². The van der Waals surface area contributed by atoms with Crippen molar-refractivity contribution < 1.29 is 4.42 Å². The summed E-state index contributed by atoms with van der Waals surface area (Å²) in [5, 5.41) is 0. The van der Waals surface area contributed by atoms with E-state index in [0.717, 1.165) is 19.5 Å². The van der Waals surface area contributed by atoms with Gasteiger partial charge in [0.2, 0.25) is 0 Å². The predicted octanol–water partition coefficient (Wildman–Crippen LogP) is 1.73. The molecule has 0 spiro atoms. The van der Waals surface area contributed by atoms with Crippen molar-refractivity contribution in [3.63, 3.8) is 0 Å². The molecule has 2 heteroatoms. The third-order valence-electron chi connectivity index (χ3n) is 1.67. The van der Waals surface area contributed by atoms with E-state index in [4.69, 9.17) is 10.8 Å². The Morgan fingerprint density at radius 2 is 2.50 bits per heavy atom. The summed E-state index contributed by atoms with van der Waals surface area (Å²) in [7, 11) is 2.05. The van der Waals surface area contributed by atoms with Gasteiger partial charge in [-0.15, -0.1) is 12.3 Å². The quantitative estimate of drug-likeness (QED) is 0.628. The van der Waals surface area contributed by atoms with E-state index < -0.39 is 0 Å². The topological polar surface area (TPSA) is 16.4 Å². The van der Waals surface area contributed by atoms with Gasteiger partial charge in [0, 0.05) is 25.1 Å². The van der Waals surface area contributed by atoms with Crippen LogP contribution in [0.25, 0.3) is 0 Å². The summed E-state index contributed by atoms with van der Waals surface area (Å²) < 4.78 is 4.95. The third-order valence-corrected chi connectivity index (χ3v) is 1.67. The molecule has 0 saturated heterocycles. The molecule has 0 amide bonds. The molecule has 0 unspecified atom stereocenters. The Morgan fingerprint density at radius 3 is 3.08 bits per heavy atom. The second-order valence-electron chi connectivity index (χ2n) is 2.82. The lowest BCUT2D eigenvalue weighted by atomic mass is 10.3. The second-order valence-corrected chi connectivity index (χ2v) is 2.82. The summed E-state index contributed by atoms with van der Waals surface area (Å²) in [5.41, 5.74) is 1.19. The molecule has 0 atom stereocenters. The van der Waals surface area contributed by atoms with Gasteiger partial charge in [-0.2, -0.15) is 0 Å². The zero-order valence-electron chi connectivity index (χ0n) is 7.29. The van der Waals surface area contributed by atoms with Gasteiger partial charge in [-0.1, -0.05) is 0 Å². The summed E-state index contributed by atoms with van der Waals surface area (Å²) in [4.78, 5) is 2.17. The van der Waals surface area contributed by atoms with E-state index in [-0.39, 0.29) is 0 Å². The van der Waals surface area contributed by atoms with Gasteiger partial charge in [0.25, 0.3) is 0 Å². The second kappa shape index (κ2) is 4.63. The average molecular weight is 163 g/mol. The molecular weight excluding hydrogens is 150 g/mol. The summed E-state index contributed by atoms with van der Waals surface area (Å²) in [6.07, 6.45) is 9.40. The molecule has 2 nitrogen and oxygen atoms in total. The SMILES string of the molecule is C#CCCN(C)Cc1ccoc1. The van der Waals surface area contributed by atoms with Gasteiger partial charge in [-0.3, -0.25) is 0 Å². The van der Waals surface area contributed by atoms with E-state index in [9.17, 15) is 0 Å². The number of terminal acetylenes is 1. The lowest BCUT2D eigenvalue weighted by molar-refractivity contribution is 0.334. The lowest BCUT2D eigenvalue weighted by Gasteiger charge is -2.12. The first-order chi connectivity index (χ1) is 5.83. The zero-order chi connectivity index (χ0) is 8.81. The Labute approximate surface area is 73.2 Å². The molecule has 0 saturated carbocycles. The van der Waals surface area contributed by atoms with Crippen LogP contribution in [0.1, 0.15) is 12.0 Å². The fraction of sp³-hybridized carbons (Fsp3) is 0.400. The average Bonchev–Trinajstić information content (AvgIpc) is 2.53. The largest absolute Gasteiger partial charge is 0.472 e. The highest BCUT2D eigenvalue weighted by Gasteiger charge is 1.99. The van der Waals surface area contributed by atoms with Crippen LogP contribution in [0, 0.1) is 12.3 Å². The molecule has 0 aliphatic rings. The van der Waals surface area contributed by atoms with Crippen LogP contribution in [0.2, 0.25) is 0 Å². The van der Waals surface area contributed by atoms with Crippen molar-refractivity contribution in [1.82, 2.24) is 4.90 Å². The molecule has 0 radical (unpaired) electrons. The van der Waals surface area contributed by atoms with E-state index in [2.05, 4.69) is 10.8 Å². The highest BCUT2D eigenvalue weighted by molar-refractivity contribution is 5.04. The summed E-state index contributed by atoms with van der Waals surface area (Å²) >= 11 is 0. The van der Waals surface area contributed by atoms with Gasteiger partial charge in [-0.05, 0) is 13.1 Å².